The van der Waals surface area contributed by atoms with Crippen molar-refractivity contribution in [1.29, 1.82) is 0 Å². The Morgan fingerprint density at radius 3 is 2.76 bits per heavy atom. The van der Waals surface area contributed by atoms with Gasteiger partial charge in [0, 0.05) is 23.8 Å². The Morgan fingerprint density at radius 1 is 1.18 bits per heavy atom. The Kier molecular flexibility index (Phi) is 4.29. The maximum absolute atomic E-state index is 4.27. The minimum atomic E-state index is 0.802. The minimum absolute atomic E-state index is 0.802. The van der Waals surface area contributed by atoms with Gasteiger partial charge in [0.25, 0.3) is 0 Å². The van der Waals surface area contributed by atoms with Crippen LogP contribution in [0.5, 0.6) is 0 Å². The van der Waals surface area contributed by atoms with E-state index >= 15 is 0 Å². The van der Waals surface area contributed by atoms with E-state index in [4.69, 9.17) is 0 Å². The SMILES string of the molecule is Cc1cc(CNCc2ccccn2)ccc1Br. The van der Waals surface area contributed by atoms with Gasteiger partial charge < -0.3 is 5.32 Å². The molecule has 0 fully saturated rings. The first-order valence-corrected chi connectivity index (χ1v) is 6.40. The van der Waals surface area contributed by atoms with E-state index in [1.54, 1.807) is 0 Å². The standard InChI is InChI=1S/C14H15BrN2/c1-11-8-12(5-6-14(11)15)9-16-10-13-4-2-3-7-17-13/h2-8,16H,9-10H2,1H3. The van der Waals surface area contributed by atoms with Crippen molar-refractivity contribution in [3.8, 4) is 0 Å². The zero-order chi connectivity index (χ0) is 12.1. The van der Waals surface area contributed by atoms with Gasteiger partial charge in [0.05, 0.1) is 5.69 Å². The first kappa shape index (κ1) is 12.3. The highest BCUT2D eigenvalue weighted by atomic mass is 79.9. The van der Waals surface area contributed by atoms with Crippen molar-refractivity contribution in [3.63, 3.8) is 0 Å². The molecular formula is C14H15BrN2. The lowest BCUT2D eigenvalue weighted by Gasteiger charge is -2.06. The third-order valence-corrected chi connectivity index (χ3v) is 3.47. The lowest BCUT2D eigenvalue weighted by atomic mass is 10.1. The maximum atomic E-state index is 4.27. The Hall–Kier alpha value is -1.19. The molecule has 0 saturated carbocycles. The van der Waals surface area contributed by atoms with Crippen LogP contribution in [0.4, 0.5) is 0 Å². The molecule has 0 saturated heterocycles. The van der Waals surface area contributed by atoms with E-state index in [1.165, 1.54) is 11.1 Å². The molecule has 0 aliphatic rings. The summed E-state index contributed by atoms with van der Waals surface area (Å²) in [5, 5.41) is 3.39. The number of hydrogen-bond donors (Lipinski definition) is 1. The second-order valence-electron chi connectivity index (χ2n) is 4.01. The molecule has 0 unspecified atom stereocenters. The highest BCUT2D eigenvalue weighted by Gasteiger charge is 1.98. The van der Waals surface area contributed by atoms with Crippen LogP contribution in [0.2, 0.25) is 0 Å². The number of nitrogens with one attached hydrogen (secondary N) is 1. The molecule has 17 heavy (non-hydrogen) atoms. The number of aryl methyl sites for hydroxylation is 1. The minimum Gasteiger partial charge on any atom is -0.307 e. The number of rotatable bonds is 4. The first-order chi connectivity index (χ1) is 8.25. The third-order valence-electron chi connectivity index (χ3n) is 2.58. The molecule has 1 heterocycles. The molecule has 0 spiro atoms. The van der Waals surface area contributed by atoms with Crippen LogP contribution < -0.4 is 5.32 Å². The summed E-state index contributed by atoms with van der Waals surface area (Å²) in [5.41, 5.74) is 3.63. The molecular weight excluding hydrogens is 276 g/mol. The van der Waals surface area contributed by atoms with Crippen LogP contribution >= 0.6 is 15.9 Å². The predicted molar refractivity (Wildman–Crippen MR) is 73.7 cm³/mol. The summed E-state index contributed by atoms with van der Waals surface area (Å²) >= 11 is 3.50. The van der Waals surface area contributed by atoms with Gasteiger partial charge in [0.15, 0.2) is 0 Å². The Balaban J connectivity index is 1.88. The number of halogens is 1. The van der Waals surface area contributed by atoms with Crippen molar-refractivity contribution < 1.29 is 0 Å². The molecule has 0 aliphatic heterocycles. The summed E-state index contributed by atoms with van der Waals surface area (Å²) in [6.07, 6.45) is 1.82. The normalized spacial score (nSPS) is 10.5. The van der Waals surface area contributed by atoms with Crippen molar-refractivity contribution >= 4 is 15.9 Å². The highest BCUT2D eigenvalue weighted by Crippen LogP contribution is 2.16. The molecule has 2 nitrogen and oxygen atoms in total. The fraction of sp³-hybridized carbons (Fsp3) is 0.214. The summed E-state index contributed by atoms with van der Waals surface area (Å²) in [6.45, 7) is 3.77. The van der Waals surface area contributed by atoms with Crippen LogP contribution in [0.25, 0.3) is 0 Å². The first-order valence-electron chi connectivity index (χ1n) is 5.61. The van der Waals surface area contributed by atoms with Crippen molar-refractivity contribution in [2.45, 2.75) is 20.0 Å². The second-order valence-corrected chi connectivity index (χ2v) is 4.86. The zero-order valence-corrected chi connectivity index (χ0v) is 11.4. The maximum Gasteiger partial charge on any atom is 0.0541 e. The summed E-state index contributed by atoms with van der Waals surface area (Å²) in [4.78, 5) is 4.27. The Morgan fingerprint density at radius 2 is 2.06 bits per heavy atom. The molecule has 0 aliphatic carbocycles. The van der Waals surface area contributed by atoms with Crippen molar-refractivity contribution in [2.75, 3.05) is 0 Å². The number of aromatic nitrogens is 1. The van der Waals surface area contributed by atoms with E-state index in [1.807, 2.05) is 24.4 Å². The summed E-state index contributed by atoms with van der Waals surface area (Å²) in [7, 11) is 0. The smallest absolute Gasteiger partial charge is 0.0541 e. The molecule has 2 rings (SSSR count). The summed E-state index contributed by atoms with van der Waals surface area (Å²) in [6, 6.07) is 12.4. The fourth-order valence-electron chi connectivity index (χ4n) is 1.65. The number of benzene rings is 1. The van der Waals surface area contributed by atoms with Gasteiger partial charge in [0.2, 0.25) is 0 Å². The molecule has 0 radical (unpaired) electrons. The number of pyridine rings is 1. The monoisotopic (exact) mass is 290 g/mol. The van der Waals surface area contributed by atoms with E-state index in [0.717, 1.165) is 23.3 Å². The summed E-state index contributed by atoms with van der Waals surface area (Å²) in [5.74, 6) is 0. The lowest BCUT2D eigenvalue weighted by Crippen LogP contribution is -2.13. The molecule has 1 N–H and O–H groups in total. The Labute approximate surface area is 110 Å². The van der Waals surface area contributed by atoms with Gasteiger partial charge in [-0.05, 0) is 36.2 Å². The molecule has 2 aromatic rings. The molecule has 1 aromatic heterocycles. The topological polar surface area (TPSA) is 24.9 Å². The largest absolute Gasteiger partial charge is 0.307 e. The van der Waals surface area contributed by atoms with Gasteiger partial charge in [-0.25, -0.2) is 0 Å². The van der Waals surface area contributed by atoms with Crippen LogP contribution in [-0.4, -0.2) is 4.98 Å². The van der Waals surface area contributed by atoms with Crippen LogP contribution in [0.1, 0.15) is 16.8 Å². The van der Waals surface area contributed by atoms with Gasteiger partial charge in [-0.1, -0.05) is 34.1 Å². The average Bonchev–Trinajstić information content (AvgIpc) is 2.35. The van der Waals surface area contributed by atoms with E-state index in [9.17, 15) is 0 Å². The fourth-order valence-corrected chi connectivity index (χ4v) is 1.90. The van der Waals surface area contributed by atoms with E-state index in [-0.39, 0.29) is 0 Å². The molecule has 0 atom stereocenters. The van der Waals surface area contributed by atoms with Crippen LogP contribution in [0, 0.1) is 6.92 Å². The highest BCUT2D eigenvalue weighted by molar-refractivity contribution is 9.10. The van der Waals surface area contributed by atoms with Crippen LogP contribution in [0.3, 0.4) is 0 Å². The lowest BCUT2D eigenvalue weighted by molar-refractivity contribution is 0.679. The number of nitrogens with zero attached hydrogens (tertiary/aromatic N) is 1. The van der Waals surface area contributed by atoms with Crippen LogP contribution in [0.15, 0.2) is 47.1 Å². The zero-order valence-electron chi connectivity index (χ0n) is 9.78. The van der Waals surface area contributed by atoms with Gasteiger partial charge in [-0.15, -0.1) is 0 Å². The van der Waals surface area contributed by atoms with Crippen molar-refractivity contribution in [1.82, 2.24) is 10.3 Å². The molecule has 0 amide bonds. The predicted octanol–water partition coefficient (Wildman–Crippen LogP) is 3.44. The third kappa shape index (κ3) is 3.65. The molecule has 0 bridgehead atoms. The van der Waals surface area contributed by atoms with Crippen molar-refractivity contribution in [2.24, 2.45) is 0 Å². The summed E-state index contributed by atoms with van der Waals surface area (Å²) < 4.78 is 1.16. The van der Waals surface area contributed by atoms with Gasteiger partial charge in [-0.3, -0.25) is 4.98 Å². The second kappa shape index (κ2) is 5.94. The average molecular weight is 291 g/mol. The van der Waals surface area contributed by atoms with Gasteiger partial charge >= 0.3 is 0 Å². The van der Waals surface area contributed by atoms with E-state index in [0.29, 0.717) is 0 Å². The molecule has 3 heteroatoms. The quantitative estimate of drug-likeness (QED) is 0.933. The molecule has 1 aromatic carbocycles. The van der Waals surface area contributed by atoms with Crippen molar-refractivity contribution in [3.05, 3.63) is 63.9 Å². The van der Waals surface area contributed by atoms with E-state index in [2.05, 4.69) is 51.4 Å². The number of hydrogen-bond acceptors (Lipinski definition) is 2. The van der Waals surface area contributed by atoms with E-state index < -0.39 is 0 Å². The van der Waals surface area contributed by atoms with Gasteiger partial charge in [0.1, 0.15) is 0 Å². The Bertz CT molecular complexity index is 483. The molecule has 88 valence electrons. The van der Waals surface area contributed by atoms with Crippen LogP contribution in [-0.2, 0) is 13.1 Å². The van der Waals surface area contributed by atoms with Gasteiger partial charge in [-0.2, -0.15) is 0 Å².